The first-order valence-corrected chi connectivity index (χ1v) is 15.6. The molecule has 0 spiro atoms. The summed E-state index contributed by atoms with van der Waals surface area (Å²) in [6, 6.07) is 16.6. The minimum Gasteiger partial charge on any atom is -0.309 e. The first-order valence-electron chi connectivity index (χ1n) is 13.4. The summed E-state index contributed by atoms with van der Waals surface area (Å²) in [5.74, 6) is -0.578. The molecule has 2 aromatic carbocycles. The van der Waals surface area contributed by atoms with Crippen molar-refractivity contribution in [3.8, 4) is 0 Å². The largest absolute Gasteiger partial charge is 0.309 e. The van der Waals surface area contributed by atoms with Crippen LogP contribution in [-0.2, 0) is 22.4 Å². The summed E-state index contributed by atoms with van der Waals surface area (Å²) in [5, 5.41) is 22.5. The van der Waals surface area contributed by atoms with E-state index in [1.54, 1.807) is 36.4 Å². The van der Waals surface area contributed by atoms with E-state index in [-0.39, 0.29) is 36.5 Å². The second-order valence-electron chi connectivity index (χ2n) is 10.1. The Balaban J connectivity index is 1.16. The van der Waals surface area contributed by atoms with Gasteiger partial charge >= 0.3 is 0 Å². The lowest BCUT2D eigenvalue weighted by molar-refractivity contribution is -0.116. The molecular weight excluding hydrogens is 768 g/mol. The van der Waals surface area contributed by atoms with E-state index in [4.69, 9.17) is 0 Å². The fraction of sp³-hybridized carbons (Fsp3) is 0.267. The molecule has 1 aliphatic carbocycles. The molecule has 12 heteroatoms. The zero-order chi connectivity index (χ0) is 29.6. The molecule has 4 aromatic rings. The number of hydrogen-bond acceptors (Lipinski definition) is 6. The van der Waals surface area contributed by atoms with Gasteiger partial charge in [0.2, 0.25) is 11.8 Å². The van der Waals surface area contributed by atoms with Gasteiger partial charge in [0.15, 0.2) is 11.6 Å². The van der Waals surface area contributed by atoms with Crippen LogP contribution >= 0.6 is 45.2 Å². The summed E-state index contributed by atoms with van der Waals surface area (Å²) in [6.07, 6.45) is 3.54. The van der Waals surface area contributed by atoms with Crippen molar-refractivity contribution in [2.24, 2.45) is 0 Å². The molecule has 0 bridgehead atoms. The Labute approximate surface area is 268 Å². The second kappa shape index (κ2) is 13.9. The van der Waals surface area contributed by atoms with Gasteiger partial charge in [-0.1, -0.05) is 18.6 Å². The number of hydrogen-bond donors (Lipinski definition) is 2. The summed E-state index contributed by atoms with van der Waals surface area (Å²) in [7, 11) is 0. The lowest BCUT2D eigenvalue weighted by Gasteiger charge is -2.28. The quantitative estimate of drug-likeness (QED) is 0.196. The molecular formula is C30H26F2I2N6O2. The fourth-order valence-electron chi connectivity index (χ4n) is 5.08. The van der Waals surface area contributed by atoms with Gasteiger partial charge in [0.25, 0.3) is 0 Å². The molecule has 1 saturated carbocycles. The van der Waals surface area contributed by atoms with Crippen LogP contribution in [0.15, 0.2) is 60.7 Å². The molecule has 2 atom stereocenters. The number of rotatable bonds is 8. The first-order chi connectivity index (χ1) is 20.3. The van der Waals surface area contributed by atoms with Crippen molar-refractivity contribution in [1.29, 1.82) is 0 Å². The molecule has 0 radical (unpaired) electrons. The van der Waals surface area contributed by atoms with Crippen LogP contribution in [0.25, 0.3) is 0 Å². The zero-order valence-electron chi connectivity index (χ0n) is 22.3. The molecule has 216 valence electrons. The Morgan fingerprint density at radius 2 is 1.14 bits per heavy atom. The van der Waals surface area contributed by atoms with E-state index >= 15 is 0 Å². The third-order valence-corrected chi connectivity index (χ3v) is 9.24. The summed E-state index contributed by atoms with van der Waals surface area (Å²) < 4.78 is 29.5. The maximum Gasteiger partial charge on any atom is 0.230 e. The highest BCUT2D eigenvalue weighted by atomic mass is 127. The van der Waals surface area contributed by atoms with E-state index in [9.17, 15) is 18.4 Å². The van der Waals surface area contributed by atoms with E-state index in [0.29, 0.717) is 29.9 Å². The van der Waals surface area contributed by atoms with Crippen molar-refractivity contribution >= 4 is 68.6 Å². The Morgan fingerprint density at radius 1 is 0.690 bits per heavy atom. The van der Waals surface area contributed by atoms with E-state index in [1.807, 2.05) is 57.3 Å². The van der Waals surface area contributed by atoms with Crippen LogP contribution < -0.4 is 10.6 Å². The van der Waals surface area contributed by atoms with Crippen LogP contribution in [0.4, 0.5) is 20.4 Å². The average Bonchev–Trinajstić information content (AvgIpc) is 2.98. The van der Waals surface area contributed by atoms with Crippen molar-refractivity contribution in [3.05, 3.63) is 102 Å². The molecule has 0 unspecified atom stereocenters. The van der Waals surface area contributed by atoms with Crippen LogP contribution in [0, 0.1) is 18.8 Å². The Hall–Kier alpha value is -3.14. The van der Waals surface area contributed by atoms with Crippen molar-refractivity contribution < 1.29 is 18.4 Å². The van der Waals surface area contributed by atoms with Gasteiger partial charge in [0, 0.05) is 30.1 Å². The maximum absolute atomic E-state index is 14.1. The van der Waals surface area contributed by atoms with Crippen molar-refractivity contribution in [3.63, 3.8) is 0 Å². The number of anilines is 2. The summed E-state index contributed by atoms with van der Waals surface area (Å²) in [4.78, 5) is 24.9. The van der Waals surface area contributed by atoms with Crippen LogP contribution in [0.5, 0.6) is 0 Å². The highest BCUT2D eigenvalue weighted by molar-refractivity contribution is 14.1. The Kier molecular flexibility index (Phi) is 10.0. The number of benzene rings is 2. The van der Waals surface area contributed by atoms with Gasteiger partial charge in [-0.15, -0.1) is 10.2 Å². The maximum atomic E-state index is 14.1. The van der Waals surface area contributed by atoms with Crippen LogP contribution in [-0.4, -0.2) is 32.2 Å². The lowest BCUT2D eigenvalue weighted by Crippen LogP contribution is -2.19. The molecule has 0 aliphatic heterocycles. The van der Waals surface area contributed by atoms with Crippen molar-refractivity contribution in [2.45, 2.75) is 50.4 Å². The summed E-state index contributed by atoms with van der Waals surface area (Å²) >= 11 is 4.02. The van der Waals surface area contributed by atoms with E-state index < -0.39 is 11.6 Å². The second-order valence-corrected chi connectivity index (χ2v) is 12.4. The number of halogens is 4. The van der Waals surface area contributed by atoms with Crippen LogP contribution in [0.2, 0.25) is 0 Å². The number of carbonyl (C=O) groups is 2. The first kappa shape index (κ1) is 30.3. The topological polar surface area (TPSA) is 110 Å². The van der Waals surface area contributed by atoms with Crippen molar-refractivity contribution in [1.82, 2.24) is 20.4 Å². The molecule has 2 aromatic heterocycles. The smallest absolute Gasteiger partial charge is 0.230 e. The molecule has 2 heterocycles. The van der Waals surface area contributed by atoms with Gasteiger partial charge in [-0.25, -0.2) is 8.78 Å². The zero-order valence-corrected chi connectivity index (χ0v) is 26.6. The third kappa shape index (κ3) is 7.62. The lowest BCUT2D eigenvalue weighted by atomic mass is 9.78. The van der Waals surface area contributed by atoms with Gasteiger partial charge < -0.3 is 10.6 Å². The Morgan fingerprint density at radius 3 is 1.52 bits per heavy atom. The molecule has 42 heavy (non-hydrogen) atoms. The van der Waals surface area contributed by atoms with E-state index in [0.717, 1.165) is 37.1 Å². The molecule has 2 N–H and O–H groups in total. The van der Waals surface area contributed by atoms with Gasteiger partial charge in [-0.05, 0) is 113 Å². The summed E-state index contributed by atoms with van der Waals surface area (Å²) in [5.41, 5.74) is 2.37. The van der Waals surface area contributed by atoms with E-state index in [2.05, 4.69) is 31.0 Å². The fourth-order valence-corrected chi connectivity index (χ4v) is 6.39. The highest BCUT2D eigenvalue weighted by Crippen LogP contribution is 2.40. The molecule has 2 amide bonds. The minimum atomic E-state index is -0.413. The molecule has 1 aliphatic rings. The molecule has 0 saturated heterocycles. The Bertz CT molecular complexity index is 1430. The standard InChI is InChI=1S/C30H26F2I2N6O2/c31-21-6-2-8-23(33)19(21)15-29(41)35-27-12-10-25(37-39-27)17-4-1-5-18(14-17)26-11-13-28(40-38-26)36-30(42)16-20-22(32)7-3-9-24(20)34/h2-3,6-13,17-18H,1,4-5,14-16H2,(H,35,39,41)(H,36,40,42)/t17-,18-/m0/s1. The SMILES string of the molecule is O=C(Cc1c(F)cccc1I)Nc1ccc([C@H]2CCC[C@H](c3ccc(NC(=O)Cc4c(F)cccc4I)nn3)C2)nn1. The molecule has 1 fully saturated rings. The monoisotopic (exact) mass is 794 g/mol. The summed E-state index contributed by atoms with van der Waals surface area (Å²) in [6.45, 7) is 0. The number of nitrogens with one attached hydrogen (secondary N) is 2. The van der Waals surface area contributed by atoms with Crippen LogP contribution in [0.3, 0.4) is 0 Å². The van der Waals surface area contributed by atoms with Gasteiger partial charge in [0.1, 0.15) is 11.6 Å². The number of nitrogens with zero attached hydrogens (tertiary/aromatic N) is 4. The molecule has 5 rings (SSSR count). The predicted molar refractivity (Wildman–Crippen MR) is 171 cm³/mol. The average molecular weight is 794 g/mol. The van der Waals surface area contributed by atoms with Gasteiger partial charge in [-0.3, -0.25) is 9.59 Å². The third-order valence-electron chi connectivity index (χ3n) is 7.21. The predicted octanol–water partition coefficient (Wildman–Crippen LogP) is 6.56. The number of aromatic nitrogens is 4. The number of amides is 2. The normalized spacial score (nSPS) is 16.6. The van der Waals surface area contributed by atoms with Crippen LogP contribution in [0.1, 0.15) is 60.0 Å². The minimum absolute atomic E-state index is 0.0901. The van der Waals surface area contributed by atoms with Crippen molar-refractivity contribution in [2.75, 3.05) is 10.6 Å². The van der Waals surface area contributed by atoms with Gasteiger partial charge in [0.05, 0.1) is 24.2 Å². The molecule has 8 nitrogen and oxygen atoms in total. The van der Waals surface area contributed by atoms with E-state index in [1.165, 1.54) is 12.1 Å². The van der Waals surface area contributed by atoms with Gasteiger partial charge in [-0.2, -0.15) is 10.2 Å². The highest BCUT2D eigenvalue weighted by Gasteiger charge is 2.27. The number of carbonyl (C=O) groups excluding carboxylic acids is 2.